The van der Waals surface area contributed by atoms with Crippen LogP contribution in [0.1, 0.15) is 26.0 Å². The van der Waals surface area contributed by atoms with Crippen LogP contribution in [0.4, 0.5) is 9.93 Å². The van der Waals surface area contributed by atoms with Crippen molar-refractivity contribution in [1.82, 2.24) is 15.6 Å². The van der Waals surface area contributed by atoms with Gasteiger partial charge in [0.2, 0.25) is 0 Å². The molecule has 1 aliphatic rings. The van der Waals surface area contributed by atoms with Crippen molar-refractivity contribution in [2.24, 2.45) is 11.8 Å². The van der Waals surface area contributed by atoms with E-state index < -0.39 is 0 Å². The van der Waals surface area contributed by atoms with Gasteiger partial charge in [-0.3, -0.25) is 0 Å². The highest BCUT2D eigenvalue weighted by atomic mass is 32.1. The highest BCUT2D eigenvalue weighted by molar-refractivity contribution is 7.13. The van der Waals surface area contributed by atoms with Crippen molar-refractivity contribution in [3.63, 3.8) is 0 Å². The van der Waals surface area contributed by atoms with Crippen LogP contribution in [0.2, 0.25) is 0 Å². The van der Waals surface area contributed by atoms with E-state index in [1.54, 1.807) is 11.3 Å². The number of aromatic nitrogens is 1. The van der Waals surface area contributed by atoms with Crippen molar-refractivity contribution in [3.8, 4) is 0 Å². The number of nitrogens with one attached hydrogen (secondary N) is 2. The predicted molar refractivity (Wildman–Crippen MR) is 89.4 cm³/mol. The summed E-state index contributed by atoms with van der Waals surface area (Å²) in [6.45, 7) is 6.23. The number of ether oxygens (including phenoxy) is 1. The Balaban J connectivity index is 1.71. The summed E-state index contributed by atoms with van der Waals surface area (Å²) >= 11 is 1.57. The smallest absolute Gasteiger partial charge is 0.315 e. The van der Waals surface area contributed by atoms with Gasteiger partial charge < -0.3 is 20.3 Å². The lowest BCUT2D eigenvalue weighted by Crippen LogP contribution is -2.40. The van der Waals surface area contributed by atoms with Crippen molar-refractivity contribution < 1.29 is 9.53 Å². The topological polar surface area (TPSA) is 66.5 Å². The molecule has 22 heavy (non-hydrogen) atoms. The molecular weight excluding hydrogens is 300 g/mol. The van der Waals surface area contributed by atoms with Gasteiger partial charge in [-0.05, 0) is 12.3 Å². The first-order chi connectivity index (χ1) is 10.5. The van der Waals surface area contributed by atoms with E-state index >= 15 is 0 Å². The van der Waals surface area contributed by atoms with Gasteiger partial charge in [0.05, 0.1) is 18.3 Å². The van der Waals surface area contributed by atoms with E-state index in [0.717, 1.165) is 23.9 Å². The predicted octanol–water partition coefficient (Wildman–Crippen LogP) is 2.07. The molecule has 1 aromatic rings. The molecule has 0 spiro atoms. The Morgan fingerprint density at radius 3 is 2.91 bits per heavy atom. The van der Waals surface area contributed by atoms with Gasteiger partial charge in [-0.2, -0.15) is 0 Å². The molecule has 1 saturated heterocycles. The highest BCUT2D eigenvalue weighted by Crippen LogP contribution is 2.26. The minimum absolute atomic E-state index is 0.145. The Hall–Kier alpha value is -1.34. The standard InChI is InChI=1S/C15H26N4O2S/c1-10(2)13-11(5-6-21-13)7-16-14(20)17-8-12-9-22-15(18-12)19(3)4/h9-11,13H,5-8H2,1-4H3,(H2,16,17,20)/t11-,13-/m0/s1. The largest absolute Gasteiger partial charge is 0.378 e. The molecule has 2 atom stereocenters. The monoisotopic (exact) mass is 326 g/mol. The van der Waals surface area contributed by atoms with Crippen LogP contribution in [0, 0.1) is 11.8 Å². The molecule has 124 valence electrons. The maximum Gasteiger partial charge on any atom is 0.315 e. The fourth-order valence-electron chi connectivity index (χ4n) is 2.65. The molecule has 2 N–H and O–H groups in total. The number of thiazole rings is 1. The Kier molecular flexibility index (Phi) is 6.02. The minimum Gasteiger partial charge on any atom is -0.378 e. The molecule has 1 aromatic heterocycles. The summed E-state index contributed by atoms with van der Waals surface area (Å²) in [4.78, 5) is 18.3. The summed E-state index contributed by atoms with van der Waals surface area (Å²) in [5.74, 6) is 0.891. The zero-order valence-electron chi connectivity index (χ0n) is 13.8. The lowest BCUT2D eigenvalue weighted by Gasteiger charge is -2.22. The molecule has 7 heteroatoms. The van der Waals surface area contributed by atoms with Crippen molar-refractivity contribution >= 4 is 22.5 Å². The van der Waals surface area contributed by atoms with Gasteiger partial charge in [0.1, 0.15) is 0 Å². The summed E-state index contributed by atoms with van der Waals surface area (Å²) in [5.41, 5.74) is 0.883. The number of hydrogen-bond acceptors (Lipinski definition) is 5. The van der Waals surface area contributed by atoms with Crippen LogP contribution in [0.15, 0.2) is 5.38 Å². The third-order valence-electron chi connectivity index (χ3n) is 3.80. The van der Waals surface area contributed by atoms with Gasteiger partial charge >= 0.3 is 6.03 Å². The van der Waals surface area contributed by atoms with Gasteiger partial charge in [-0.1, -0.05) is 13.8 Å². The third-order valence-corrected chi connectivity index (χ3v) is 4.85. The molecule has 2 amide bonds. The number of urea groups is 1. The van der Waals surface area contributed by atoms with Crippen LogP contribution in [-0.2, 0) is 11.3 Å². The number of carbonyl (C=O) groups excluding carboxylic acids is 1. The summed E-state index contributed by atoms with van der Waals surface area (Å²) in [6, 6.07) is -0.145. The van der Waals surface area contributed by atoms with Gasteiger partial charge in [-0.25, -0.2) is 9.78 Å². The normalized spacial score (nSPS) is 21.1. The average molecular weight is 326 g/mol. The van der Waals surface area contributed by atoms with Crippen LogP contribution < -0.4 is 15.5 Å². The maximum atomic E-state index is 11.9. The van der Waals surface area contributed by atoms with Crippen molar-refractivity contribution in [3.05, 3.63) is 11.1 Å². The molecule has 2 rings (SSSR count). The number of carbonyl (C=O) groups is 1. The molecule has 0 bridgehead atoms. The fourth-order valence-corrected chi connectivity index (χ4v) is 3.41. The van der Waals surface area contributed by atoms with E-state index in [4.69, 9.17) is 4.74 Å². The molecule has 0 radical (unpaired) electrons. The molecule has 0 saturated carbocycles. The third kappa shape index (κ3) is 4.58. The van der Waals surface area contributed by atoms with E-state index in [2.05, 4.69) is 29.5 Å². The van der Waals surface area contributed by atoms with E-state index in [0.29, 0.717) is 24.9 Å². The number of hydrogen-bond donors (Lipinski definition) is 2. The first-order valence-electron chi connectivity index (χ1n) is 7.72. The second kappa shape index (κ2) is 7.78. The number of nitrogens with zero attached hydrogens (tertiary/aromatic N) is 2. The van der Waals surface area contributed by atoms with Crippen LogP contribution in [0.5, 0.6) is 0 Å². The van der Waals surface area contributed by atoms with Gasteiger partial charge in [0.15, 0.2) is 5.13 Å². The first kappa shape index (κ1) is 17.0. The average Bonchev–Trinajstić information content (AvgIpc) is 3.11. The Labute approximate surface area is 136 Å². The lowest BCUT2D eigenvalue weighted by molar-refractivity contribution is 0.0545. The van der Waals surface area contributed by atoms with Crippen LogP contribution in [0.3, 0.4) is 0 Å². The minimum atomic E-state index is -0.145. The number of anilines is 1. The maximum absolute atomic E-state index is 11.9. The summed E-state index contributed by atoms with van der Waals surface area (Å²) in [7, 11) is 3.91. The molecule has 6 nitrogen and oxygen atoms in total. The molecule has 1 aliphatic heterocycles. The summed E-state index contributed by atoms with van der Waals surface area (Å²) < 4.78 is 5.73. The Morgan fingerprint density at radius 1 is 1.50 bits per heavy atom. The van der Waals surface area contributed by atoms with Crippen LogP contribution in [0.25, 0.3) is 0 Å². The van der Waals surface area contributed by atoms with E-state index in [9.17, 15) is 4.79 Å². The molecule has 0 aromatic carbocycles. The lowest BCUT2D eigenvalue weighted by atomic mass is 9.93. The zero-order chi connectivity index (χ0) is 16.1. The first-order valence-corrected chi connectivity index (χ1v) is 8.60. The number of amides is 2. The number of rotatable bonds is 6. The van der Waals surface area contributed by atoms with E-state index in [1.807, 2.05) is 24.4 Å². The molecule has 0 unspecified atom stereocenters. The molecule has 2 heterocycles. The fraction of sp³-hybridized carbons (Fsp3) is 0.733. The van der Waals surface area contributed by atoms with Gasteiger partial charge in [0, 0.05) is 38.5 Å². The highest BCUT2D eigenvalue weighted by Gasteiger charge is 2.30. The second-order valence-electron chi connectivity index (χ2n) is 6.21. The molecular formula is C15H26N4O2S. The van der Waals surface area contributed by atoms with Crippen LogP contribution >= 0.6 is 11.3 Å². The summed E-state index contributed by atoms with van der Waals surface area (Å²) in [5, 5.41) is 8.71. The molecule has 1 fully saturated rings. The second-order valence-corrected chi connectivity index (χ2v) is 7.04. The van der Waals surface area contributed by atoms with Crippen molar-refractivity contribution in [2.45, 2.75) is 32.9 Å². The Morgan fingerprint density at radius 2 is 2.27 bits per heavy atom. The summed E-state index contributed by atoms with van der Waals surface area (Å²) in [6.07, 6.45) is 1.27. The van der Waals surface area contributed by atoms with Gasteiger partial charge in [-0.15, -0.1) is 11.3 Å². The Bertz CT molecular complexity index is 490. The van der Waals surface area contributed by atoms with Crippen molar-refractivity contribution in [2.75, 3.05) is 32.1 Å². The quantitative estimate of drug-likeness (QED) is 0.840. The van der Waals surface area contributed by atoms with Gasteiger partial charge in [0.25, 0.3) is 0 Å². The molecule has 0 aliphatic carbocycles. The van der Waals surface area contributed by atoms with E-state index in [1.165, 1.54) is 0 Å². The van der Waals surface area contributed by atoms with E-state index in [-0.39, 0.29) is 12.1 Å². The van der Waals surface area contributed by atoms with Crippen LogP contribution in [-0.4, -0.2) is 44.4 Å². The SMILES string of the molecule is CC(C)[C@@H]1OCC[C@H]1CNC(=O)NCc1csc(N(C)C)n1. The van der Waals surface area contributed by atoms with Crippen molar-refractivity contribution in [1.29, 1.82) is 0 Å². The zero-order valence-corrected chi connectivity index (χ0v) is 14.6.